The molecule has 0 fully saturated rings. The number of rotatable bonds is 6. The largest absolute Gasteiger partial charge is 0.316 e. The minimum absolute atomic E-state index is 0.615. The van der Waals surface area contributed by atoms with Crippen LogP contribution in [0.3, 0.4) is 0 Å². The fourth-order valence-corrected chi connectivity index (χ4v) is 9.75. The summed E-state index contributed by atoms with van der Waals surface area (Å²) in [6, 6.07) is 68.7. The molecule has 0 aliphatic carbocycles. The van der Waals surface area contributed by atoms with Gasteiger partial charge in [-0.3, -0.25) is 0 Å². The molecule has 0 aliphatic rings. The van der Waals surface area contributed by atoms with E-state index in [1.165, 1.54) is 36.3 Å². The van der Waals surface area contributed by atoms with Crippen LogP contribution < -0.4 is 0 Å². The Morgan fingerprint density at radius 2 is 0.932 bits per heavy atom. The molecule has 12 aromatic rings. The molecule has 0 bridgehead atoms. The Hall–Kier alpha value is -7.67. The van der Waals surface area contributed by atoms with Gasteiger partial charge in [0.1, 0.15) is 0 Å². The van der Waals surface area contributed by atoms with Crippen molar-refractivity contribution >= 4 is 64.2 Å². The maximum atomic E-state index is 5.20. The lowest BCUT2D eigenvalue weighted by atomic mass is 10.0. The van der Waals surface area contributed by atoms with Crippen LogP contribution in [0.25, 0.3) is 110 Å². The summed E-state index contributed by atoms with van der Waals surface area (Å²) >= 11 is 1.86. The number of hydrogen-bond donors (Lipinski definition) is 0. The van der Waals surface area contributed by atoms with Gasteiger partial charge in [0.05, 0.1) is 16.6 Å². The van der Waals surface area contributed by atoms with Gasteiger partial charge in [-0.1, -0.05) is 133 Å². The summed E-state index contributed by atoms with van der Waals surface area (Å²) in [5.41, 5.74) is 10.6. The Bertz CT molecular complexity index is 3480. The van der Waals surface area contributed by atoms with Crippen molar-refractivity contribution in [2.24, 2.45) is 0 Å². The third-order valence-electron chi connectivity index (χ3n) is 11.4. The van der Waals surface area contributed by atoms with Crippen LogP contribution in [0.2, 0.25) is 0 Å². The van der Waals surface area contributed by atoms with E-state index in [1.54, 1.807) is 0 Å². The molecule has 0 N–H and O–H groups in total. The molecule has 0 saturated heterocycles. The average molecular weight is 772 g/mol. The van der Waals surface area contributed by atoms with Crippen molar-refractivity contribution in [3.05, 3.63) is 200 Å². The number of fused-ring (bicyclic) bond motifs is 8. The van der Waals surface area contributed by atoms with E-state index >= 15 is 0 Å². The topological polar surface area (TPSA) is 48.5 Å². The van der Waals surface area contributed by atoms with Crippen molar-refractivity contribution in [1.82, 2.24) is 24.1 Å². The first-order valence-corrected chi connectivity index (χ1v) is 20.6. The molecule has 6 heteroatoms. The predicted molar refractivity (Wildman–Crippen MR) is 246 cm³/mol. The van der Waals surface area contributed by atoms with Crippen LogP contribution >= 0.6 is 11.3 Å². The molecule has 0 radical (unpaired) electrons. The zero-order valence-electron chi connectivity index (χ0n) is 31.7. The van der Waals surface area contributed by atoms with Crippen LogP contribution in [0.15, 0.2) is 200 Å². The molecule has 0 saturated carbocycles. The minimum Gasteiger partial charge on any atom is -0.316 e. The first-order valence-electron chi connectivity index (χ1n) is 19.8. The summed E-state index contributed by atoms with van der Waals surface area (Å²) in [7, 11) is 0. The molecule has 5 nitrogen and oxygen atoms in total. The molecular weight excluding hydrogens is 739 g/mol. The Morgan fingerprint density at radius 3 is 1.63 bits per heavy atom. The second-order valence-corrected chi connectivity index (χ2v) is 16.0. The molecule has 8 aromatic carbocycles. The fraction of sp³-hybridized carbons (Fsp3) is 0. The van der Waals surface area contributed by atoms with E-state index in [0.29, 0.717) is 17.5 Å². The Balaban J connectivity index is 1.19. The summed E-state index contributed by atoms with van der Waals surface area (Å²) in [4.78, 5) is 15.4. The molecule has 4 heterocycles. The molecule has 0 atom stereocenters. The van der Waals surface area contributed by atoms with Crippen molar-refractivity contribution in [2.75, 3.05) is 0 Å². The molecule has 12 rings (SSSR count). The lowest BCUT2D eigenvalue weighted by Gasteiger charge is -2.15. The van der Waals surface area contributed by atoms with Gasteiger partial charge in [0.2, 0.25) is 0 Å². The van der Waals surface area contributed by atoms with Crippen LogP contribution in [0, 0.1) is 0 Å². The van der Waals surface area contributed by atoms with Gasteiger partial charge in [0.25, 0.3) is 0 Å². The van der Waals surface area contributed by atoms with Gasteiger partial charge in [-0.05, 0) is 71.8 Å². The quantitative estimate of drug-likeness (QED) is 0.169. The maximum absolute atomic E-state index is 5.20. The normalized spacial score (nSPS) is 11.7. The van der Waals surface area contributed by atoms with Crippen LogP contribution in [0.4, 0.5) is 0 Å². The highest BCUT2D eigenvalue weighted by molar-refractivity contribution is 7.25. The van der Waals surface area contributed by atoms with Crippen LogP contribution in [-0.2, 0) is 0 Å². The van der Waals surface area contributed by atoms with Crippen LogP contribution in [0.1, 0.15) is 0 Å². The number of thiophene rings is 1. The summed E-state index contributed by atoms with van der Waals surface area (Å²) < 4.78 is 7.34. The molecule has 0 aliphatic heterocycles. The first kappa shape index (κ1) is 33.5. The third-order valence-corrected chi connectivity index (χ3v) is 12.5. The van der Waals surface area contributed by atoms with Gasteiger partial charge in [0, 0.05) is 70.6 Å². The molecule has 0 unspecified atom stereocenters. The maximum Gasteiger partial charge on any atom is 0.164 e. The highest BCUT2D eigenvalue weighted by Crippen LogP contribution is 2.44. The number of hydrogen-bond acceptors (Lipinski definition) is 4. The van der Waals surface area contributed by atoms with Gasteiger partial charge in [-0.2, -0.15) is 0 Å². The van der Waals surface area contributed by atoms with Crippen LogP contribution in [-0.4, -0.2) is 24.1 Å². The number of nitrogens with zero attached hydrogens (tertiary/aromatic N) is 5. The minimum atomic E-state index is 0.615. The number of para-hydroxylation sites is 1. The molecule has 4 aromatic heterocycles. The van der Waals surface area contributed by atoms with Crippen molar-refractivity contribution in [3.8, 4) is 56.7 Å². The second-order valence-electron chi connectivity index (χ2n) is 14.9. The van der Waals surface area contributed by atoms with E-state index in [4.69, 9.17) is 15.0 Å². The summed E-state index contributed by atoms with van der Waals surface area (Å²) in [6.45, 7) is 0. The SMILES string of the molecule is c1ccc(-c2cc(-c3nc(-c4ccccc4)nc(-c4ccccc4)n3)cc(-n3c4cc5c(cc4c4ccc6c(ccn6-c6ccccc6)c43)sc3ccccc35)c2)cc1. The molecule has 0 spiro atoms. The lowest BCUT2D eigenvalue weighted by molar-refractivity contribution is 1.07. The van der Waals surface area contributed by atoms with Crippen molar-refractivity contribution in [3.63, 3.8) is 0 Å². The smallest absolute Gasteiger partial charge is 0.164 e. The van der Waals surface area contributed by atoms with E-state index in [0.717, 1.165) is 55.7 Å². The van der Waals surface area contributed by atoms with Crippen LogP contribution in [0.5, 0.6) is 0 Å². The van der Waals surface area contributed by atoms with Crippen molar-refractivity contribution in [1.29, 1.82) is 0 Å². The molecular formula is C53H33N5S. The molecule has 0 amide bonds. The van der Waals surface area contributed by atoms with Gasteiger partial charge < -0.3 is 9.13 Å². The zero-order valence-corrected chi connectivity index (χ0v) is 32.5. The lowest BCUT2D eigenvalue weighted by Crippen LogP contribution is -2.02. The highest BCUT2D eigenvalue weighted by atomic mass is 32.1. The summed E-state index contributed by atoms with van der Waals surface area (Å²) in [6.07, 6.45) is 2.19. The Morgan fingerprint density at radius 1 is 0.339 bits per heavy atom. The van der Waals surface area contributed by atoms with E-state index < -0.39 is 0 Å². The summed E-state index contributed by atoms with van der Waals surface area (Å²) in [5.74, 6) is 1.88. The van der Waals surface area contributed by atoms with Gasteiger partial charge in [-0.15, -0.1) is 11.3 Å². The average Bonchev–Trinajstić information content (AvgIpc) is 4.01. The molecule has 276 valence electrons. The monoisotopic (exact) mass is 771 g/mol. The molecule has 59 heavy (non-hydrogen) atoms. The van der Waals surface area contributed by atoms with Gasteiger partial charge in [-0.25, -0.2) is 15.0 Å². The number of benzene rings is 8. The zero-order chi connectivity index (χ0) is 38.9. The standard InChI is InChI=1S/C53H33N5S/c1-5-15-34(16-6-1)37-29-38(53-55-51(35-17-7-2-8-18-35)54-52(56-53)36-19-9-3-10-20-36)31-40(30-37)58-47-32-45-41-23-13-14-24-48(41)59-49(45)33-44(47)42-25-26-46-43(50(42)58)27-28-57(46)39-21-11-4-12-22-39/h1-33H. The fourth-order valence-electron chi connectivity index (χ4n) is 8.63. The first-order chi connectivity index (χ1) is 29.2. The Labute approximate surface area is 343 Å². The second kappa shape index (κ2) is 13.5. The number of aromatic nitrogens is 5. The van der Waals surface area contributed by atoms with E-state index in [-0.39, 0.29) is 0 Å². The third kappa shape index (κ3) is 5.57. The summed E-state index contributed by atoms with van der Waals surface area (Å²) in [5, 5.41) is 6.15. The Kier molecular flexibility index (Phi) is 7.64. The van der Waals surface area contributed by atoms with E-state index in [1.807, 2.05) is 47.7 Å². The highest BCUT2D eigenvalue weighted by Gasteiger charge is 2.21. The van der Waals surface area contributed by atoms with Gasteiger partial charge >= 0.3 is 0 Å². The van der Waals surface area contributed by atoms with E-state index in [9.17, 15) is 0 Å². The van der Waals surface area contributed by atoms with Gasteiger partial charge in [0.15, 0.2) is 17.5 Å². The van der Waals surface area contributed by atoms with Crippen molar-refractivity contribution in [2.45, 2.75) is 0 Å². The van der Waals surface area contributed by atoms with E-state index in [2.05, 4.69) is 173 Å². The van der Waals surface area contributed by atoms with Crippen molar-refractivity contribution < 1.29 is 0 Å². The predicted octanol–water partition coefficient (Wildman–Crippen LogP) is 13.9.